The highest BCUT2D eigenvalue weighted by atomic mass is 79.9. The first-order valence-corrected chi connectivity index (χ1v) is 50.5. The lowest BCUT2D eigenvalue weighted by Gasteiger charge is -1.97. The Bertz CT molecular complexity index is 6070. The van der Waals surface area contributed by atoms with Crippen LogP contribution in [0.2, 0.25) is 0 Å². The van der Waals surface area contributed by atoms with E-state index in [2.05, 4.69) is 205 Å². The second-order valence-electron chi connectivity index (χ2n) is 24.0. The Balaban J connectivity index is 0.000000232. The second-order valence-corrected chi connectivity index (χ2v) is 48.0. The summed E-state index contributed by atoms with van der Waals surface area (Å²) in [5.41, 5.74) is 14.5. The third kappa shape index (κ3) is 27.8. The van der Waals surface area contributed by atoms with E-state index in [1.54, 1.807) is 74.9 Å². The van der Waals surface area contributed by atoms with Gasteiger partial charge in [-0.15, -0.1) is 147 Å². The zero-order valence-corrected chi connectivity index (χ0v) is 79.8. The lowest BCUT2D eigenvalue weighted by Crippen LogP contribution is -2.28. The first-order chi connectivity index (χ1) is 54.7. The summed E-state index contributed by atoms with van der Waals surface area (Å²) < 4.78 is 28.0. The maximum Gasteiger partial charge on any atom is 0.499 e. The molecule has 14 rings (SSSR count). The van der Waals surface area contributed by atoms with Crippen LogP contribution in [0.3, 0.4) is 0 Å². The fraction of sp³-hybridized carbons (Fsp3) is 0.171. The average molecular weight is 1990 g/mol. The number of allylic oxidation sites excluding steroid dienone is 2. The average Bonchev–Trinajstić information content (AvgIpc) is 1.64. The van der Waals surface area contributed by atoms with E-state index >= 15 is 0 Å². The van der Waals surface area contributed by atoms with Crippen LogP contribution in [0.1, 0.15) is 128 Å². The molecule has 14 heterocycles. The molecule has 14 aromatic rings. The number of aldehydes is 2. The van der Waals surface area contributed by atoms with Crippen LogP contribution in [0.4, 0.5) is 4.39 Å². The van der Waals surface area contributed by atoms with Crippen molar-refractivity contribution >= 4 is 277 Å². The van der Waals surface area contributed by atoms with Crippen LogP contribution in [-0.2, 0) is 11.0 Å². The molecule has 0 amide bonds. The zero-order chi connectivity index (χ0) is 84.5. The minimum Gasteiger partial charge on any atom is -0.423 e. The van der Waals surface area contributed by atoms with Gasteiger partial charge in [-0.3, -0.25) is 18.5 Å². The predicted octanol–water partition coefficient (Wildman–Crippen LogP) is 31.0. The van der Waals surface area contributed by atoms with Crippen LogP contribution in [0, 0.1) is 144 Å². The number of aryl methyl sites for hydroxylation is 11. The molecule has 0 radical (unpaired) electrons. The van der Waals surface area contributed by atoms with Gasteiger partial charge in [0.1, 0.15) is 45.0 Å². The topological polar surface area (TPSA) is 234 Å². The smallest absolute Gasteiger partial charge is 0.423 e. The highest BCUT2D eigenvalue weighted by Gasteiger charge is 2.22. The Hall–Kier alpha value is -6.47. The maximum atomic E-state index is 11.0. The molecule has 0 unspecified atom stereocenters. The summed E-state index contributed by atoms with van der Waals surface area (Å²) in [5, 5.41) is 74.7. The van der Waals surface area contributed by atoms with Gasteiger partial charge in [0, 0.05) is 87.7 Å². The van der Waals surface area contributed by atoms with E-state index in [0.717, 1.165) is 79.4 Å². The predicted molar refractivity (Wildman–Crippen MR) is 512 cm³/mol. The molecule has 0 aromatic carbocycles. The summed E-state index contributed by atoms with van der Waals surface area (Å²) in [5.74, 6) is 0. The fourth-order valence-electron chi connectivity index (χ4n) is 10.3. The molecule has 0 saturated heterocycles. The lowest BCUT2D eigenvalue weighted by molar-refractivity contribution is 0.111. The van der Waals surface area contributed by atoms with Crippen molar-refractivity contribution in [1.82, 2.24) is 0 Å². The molecular weight excluding hydrogens is 1920 g/mol. The molecule has 590 valence electrons. The molecule has 115 heavy (non-hydrogen) atoms. The van der Waals surface area contributed by atoms with E-state index in [1.165, 1.54) is 163 Å². The monoisotopic (exact) mass is 1990 g/mol. The number of hydrogen-bond acceptors (Lipinski definition) is 25. The van der Waals surface area contributed by atoms with Gasteiger partial charge in [-0.1, -0.05) is 7.43 Å². The van der Waals surface area contributed by atoms with Gasteiger partial charge in [-0.25, -0.2) is 0 Å². The van der Waals surface area contributed by atoms with Gasteiger partial charge in [0.15, 0.2) is 12.6 Å². The van der Waals surface area contributed by atoms with E-state index in [9.17, 15) is 29.1 Å². The quantitative estimate of drug-likeness (QED) is 0.0449. The molecule has 0 aliphatic carbocycles. The van der Waals surface area contributed by atoms with Gasteiger partial charge in [-0.2, -0.15) is 42.9 Å². The number of thiophene rings is 14. The summed E-state index contributed by atoms with van der Waals surface area (Å²) in [7, 11) is -2.30. The molecule has 0 spiro atoms. The molecule has 0 aliphatic heterocycles. The van der Waals surface area contributed by atoms with Crippen molar-refractivity contribution in [1.29, 1.82) is 31.6 Å². The Morgan fingerprint density at radius 3 is 1.12 bits per heavy atom. The Labute approximate surface area is 758 Å². The van der Waals surface area contributed by atoms with Crippen molar-refractivity contribution in [3.05, 3.63) is 237 Å². The van der Waals surface area contributed by atoms with Crippen LogP contribution in [0.25, 0.3) is 81.8 Å². The SMILES string of the molecule is C.Cc1cc(/C=C(\C#N)c2ccc(C#N)s2)sc1-c1cc(C)c(-c2sc(/C=C(\C#N)c3ccc(C#N)s3)cc2C)s1.Cc1cc(Br)sc1Br.Cc1cc(C=O)sc1-c1cc(C)c(-c2sc(C=O)cc2C)s1.Cc1ccsc1-c1cc(C)c(-c2sccc2C)s1.Cc1ccsc1B(O)O.N#CCc1ccc(C#N)s1.O=P(Cl)(Cl)Cl.[2H]CF. The zero-order valence-electron chi connectivity index (χ0n) is 63.1. The van der Waals surface area contributed by atoms with E-state index in [4.69, 9.17) is 32.5 Å². The van der Waals surface area contributed by atoms with Crippen molar-refractivity contribution in [2.45, 2.75) is 90.0 Å². The molecule has 0 aliphatic rings. The highest BCUT2D eigenvalue weighted by Crippen LogP contribution is 2.61. The number of carbonyl (C=O) groups excluding carboxylic acids is 2. The number of carbonyl (C=O) groups is 2. The van der Waals surface area contributed by atoms with Crippen molar-refractivity contribution in [2.75, 3.05) is 7.15 Å². The van der Waals surface area contributed by atoms with E-state index in [1.807, 2.05) is 121 Å². The summed E-state index contributed by atoms with van der Waals surface area (Å²) in [6, 6.07) is 46.7. The summed E-state index contributed by atoms with van der Waals surface area (Å²) in [4.78, 5) is 45.0. The largest absolute Gasteiger partial charge is 0.499 e. The first-order valence-electron chi connectivity index (χ1n) is 33.6. The molecular formula is C82H68BBr2Cl3FN6O5PS14. The van der Waals surface area contributed by atoms with E-state index < -0.39 is 19.5 Å². The van der Waals surface area contributed by atoms with Crippen molar-refractivity contribution < 1.29 is 30.0 Å². The molecule has 0 atom stereocenters. The van der Waals surface area contributed by atoms with Crippen LogP contribution in [0.5, 0.6) is 0 Å². The van der Waals surface area contributed by atoms with E-state index in [0.29, 0.717) is 37.0 Å². The van der Waals surface area contributed by atoms with Crippen molar-refractivity contribution in [3.8, 4) is 94.9 Å². The Morgan fingerprint density at radius 1 is 0.452 bits per heavy atom. The van der Waals surface area contributed by atoms with E-state index in [-0.39, 0.29) is 7.43 Å². The normalized spacial score (nSPS) is 10.7. The third-order valence-corrected chi connectivity index (χ3v) is 33.7. The van der Waals surface area contributed by atoms with Crippen molar-refractivity contribution in [3.63, 3.8) is 0 Å². The molecule has 0 fully saturated rings. The summed E-state index contributed by atoms with van der Waals surface area (Å²) >= 11 is 43.2. The van der Waals surface area contributed by atoms with Crippen LogP contribution < -0.4 is 4.78 Å². The minimum atomic E-state index is -3.22. The molecule has 14 aromatic heterocycles. The van der Waals surface area contributed by atoms with Gasteiger partial charge in [-0.05, 0) is 334 Å². The van der Waals surface area contributed by atoms with Gasteiger partial charge < -0.3 is 10.0 Å². The van der Waals surface area contributed by atoms with Gasteiger partial charge in [0.05, 0.1) is 49.5 Å². The van der Waals surface area contributed by atoms with Gasteiger partial charge in [0.2, 0.25) is 0 Å². The molecule has 11 nitrogen and oxygen atoms in total. The third-order valence-electron chi connectivity index (χ3n) is 15.5. The standard InChI is InChI=1S/C31H18N4S5.C17H14O2S3.C15H14S3.C7H4N2S.C5H7BO2S.C5H4Br2S.CH3F.CH4.Cl3OP/c1-17-8-24(11-20(13-32)26-6-4-22(15-34)36-26)38-29(17)28-10-19(3)31(40-28)30-18(2)9-25(39-30)12-21(14-33)27-7-5-23(16-35)37-27;1-9-4-12(7-18)20-15(9)14-6-11(3)17(22-14)16-10(2)5-13(8-19)21-16;1-9-4-6-16-13(9)12-8-11(3)15(18-12)14-10(2)5-7-17-14;8-4-3-6-1-2-7(5-9)10-6;1-4-2-3-9-5(4)6(7)8;1-3-2-4(6)8-5(3)7;1-2;;1-5(2,3)4/h4-12H,1-3H3;4-8H,1-3H3;4-8H,1-3H3;1-2H,3H2;2-3,7-8H,1H3;2H,1H3;1H3;1H4;/b20-11+,21-12+;;;;;;;;/i;;;;;;1D;;. The molecule has 2 N–H and O–H groups in total. The number of nitriles is 6. The van der Waals surface area contributed by atoms with Crippen LogP contribution >= 0.6 is 229 Å². The first kappa shape index (κ1) is 95.7. The Kier molecular flexibility index (Phi) is 38.9. The van der Waals surface area contributed by atoms with Crippen LogP contribution in [0.15, 0.2) is 127 Å². The van der Waals surface area contributed by atoms with Crippen molar-refractivity contribution in [2.24, 2.45) is 0 Å². The van der Waals surface area contributed by atoms with Crippen LogP contribution in [-0.4, -0.2) is 36.9 Å². The molecule has 0 saturated carbocycles. The fourth-order valence-corrected chi connectivity index (χ4v) is 27.0. The molecule has 0 bridgehead atoms. The minimum absolute atomic E-state index is 0. The lowest BCUT2D eigenvalue weighted by atomic mass is 9.87. The second kappa shape index (κ2) is 46.8. The summed E-state index contributed by atoms with van der Waals surface area (Å²) in [6.07, 6.45) is 6.02. The summed E-state index contributed by atoms with van der Waals surface area (Å²) in [6.45, 7) is 23.0. The number of nitrogens with zero attached hydrogens (tertiary/aromatic N) is 6. The Morgan fingerprint density at radius 2 is 0.800 bits per heavy atom. The number of rotatable bonds is 14. The van der Waals surface area contributed by atoms with Gasteiger partial charge in [0.25, 0.3) is 0 Å². The number of halogens is 6. The van der Waals surface area contributed by atoms with Gasteiger partial charge >= 0.3 is 12.3 Å². The highest BCUT2D eigenvalue weighted by molar-refractivity contribution is 9.12. The number of hydrogen-bond donors (Lipinski definition) is 2. The number of alkyl halides is 1. The maximum absolute atomic E-state index is 11.0. The molecule has 33 heteroatoms.